The molecule has 82 valence electrons. The number of halogens is 1. The average Bonchev–Trinajstić information content (AvgIpc) is 1.99. The maximum Gasteiger partial charge on any atom is 0.242 e. The molecule has 0 saturated heterocycles. The van der Waals surface area contributed by atoms with Crippen molar-refractivity contribution in [1.82, 2.24) is 0 Å². The Hall–Kier alpha value is -1.78. The van der Waals surface area contributed by atoms with E-state index in [9.17, 15) is 9.18 Å². The van der Waals surface area contributed by atoms with E-state index in [2.05, 4.69) is 5.32 Å². The van der Waals surface area contributed by atoms with E-state index in [0.29, 0.717) is 5.69 Å². The summed E-state index contributed by atoms with van der Waals surface area (Å²) in [4.78, 5) is 11.0. The van der Waals surface area contributed by atoms with Gasteiger partial charge in [-0.15, -0.1) is 0 Å². The monoisotopic (exact) mass is 211 g/mol. The molecule has 15 heavy (non-hydrogen) atoms. The van der Waals surface area contributed by atoms with Crippen molar-refractivity contribution >= 4 is 17.3 Å². The van der Waals surface area contributed by atoms with Gasteiger partial charge in [0, 0.05) is 11.4 Å². The molecule has 0 unspecified atom stereocenters. The summed E-state index contributed by atoms with van der Waals surface area (Å²) in [5.74, 6) is -0.983. The average molecular weight is 211 g/mol. The van der Waals surface area contributed by atoms with E-state index in [-0.39, 0.29) is 5.69 Å². The molecular formula is C10H14FN3O. The first-order valence-electron chi connectivity index (χ1n) is 4.45. The number of carbonyl (C=O) groups is 1. The van der Waals surface area contributed by atoms with Crippen LogP contribution in [0.4, 0.5) is 15.8 Å². The summed E-state index contributed by atoms with van der Waals surface area (Å²) < 4.78 is 13.0. The first-order chi connectivity index (χ1) is 6.81. The SMILES string of the molecule is CC(C)(Nc1cc(N)cc(F)c1)C(N)=O. The van der Waals surface area contributed by atoms with E-state index < -0.39 is 17.3 Å². The van der Waals surface area contributed by atoms with Crippen LogP contribution in [0.1, 0.15) is 13.8 Å². The Bertz CT molecular complexity index is 370. The van der Waals surface area contributed by atoms with Gasteiger partial charge < -0.3 is 16.8 Å². The molecular weight excluding hydrogens is 197 g/mol. The van der Waals surface area contributed by atoms with Crippen molar-refractivity contribution in [3.05, 3.63) is 24.0 Å². The third-order valence-corrected chi connectivity index (χ3v) is 1.99. The lowest BCUT2D eigenvalue weighted by molar-refractivity contribution is -0.121. The van der Waals surface area contributed by atoms with Crippen molar-refractivity contribution in [2.24, 2.45) is 5.73 Å². The van der Waals surface area contributed by atoms with Crippen molar-refractivity contribution in [3.8, 4) is 0 Å². The summed E-state index contributed by atoms with van der Waals surface area (Å²) in [6, 6.07) is 3.98. The number of primary amides is 1. The smallest absolute Gasteiger partial charge is 0.242 e. The molecule has 0 bridgehead atoms. The summed E-state index contributed by atoms with van der Waals surface area (Å²) >= 11 is 0. The first kappa shape index (κ1) is 11.3. The van der Waals surface area contributed by atoms with Crippen molar-refractivity contribution in [2.75, 3.05) is 11.1 Å². The minimum Gasteiger partial charge on any atom is -0.399 e. The van der Waals surface area contributed by atoms with Gasteiger partial charge >= 0.3 is 0 Å². The number of carbonyl (C=O) groups excluding carboxylic acids is 1. The topological polar surface area (TPSA) is 81.1 Å². The molecule has 5 heteroatoms. The molecule has 0 aliphatic carbocycles. The van der Waals surface area contributed by atoms with Gasteiger partial charge in [0.25, 0.3) is 0 Å². The Morgan fingerprint density at radius 3 is 2.47 bits per heavy atom. The summed E-state index contributed by atoms with van der Waals surface area (Å²) in [5.41, 5.74) is 10.4. The van der Waals surface area contributed by atoms with Crippen LogP contribution in [0, 0.1) is 5.82 Å². The highest BCUT2D eigenvalue weighted by atomic mass is 19.1. The van der Waals surface area contributed by atoms with Crippen LogP contribution in [0.15, 0.2) is 18.2 Å². The highest BCUT2D eigenvalue weighted by Crippen LogP contribution is 2.19. The zero-order valence-corrected chi connectivity index (χ0v) is 8.67. The highest BCUT2D eigenvalue weighted by molar-refractivity contribution is 5.87. The van der Waals surface area contributed by atoms with Crippen LogP contribution in [0.3, 0.4) is 0 Å². The quantitative estimate of drug-likeness (QED) is 0.654. The number of anilines is 2. The molecule has 1 amide bonds. The van der Waals surface area contributed by atoms with E-state index in [4.69, 9.17) is 11.5 Å². The number of amides is 1. The molecule has 5 N–H and O–H groups in total. The molecule has 0 fully saturated rings. The van der Waals surface area contributed by atoms with Crippen LogP contribution in [0.2, 0.25) is 0 Å². The fourth-order valence-corrected chi connectivity index (χ4v) is 1.11. The van der Waals surface area contributed by atoms with Gasteiger partial charge in [-0.25, -0.2) is 4.39 Å². The zero-order chi connectivity index (χ0) is 11.6. The third kappa shape index (κ3) is 2.83. The van der Waals surface area contributed by atoms with Gasteiger partial charge in [0.1, 0.15) is 11.4 Å². The number of hydrogen-bond acceptors (Lipinski definition) is 3. The van der Waals surface area contributed by atoms with Crippen LogP contribution in [0.5, 0.6) is 0 Å². The predicted molar refractivity (Wildman–Crippen MR) is 57.7 cm³/mol. The van der Waals surface area contributed by atoms with Crippen LogP contribution in [-0.4, -0.2) is 11.4 Å². The number of hydrogen-bond donors (Lipinski definition) is 3. The van der Waals surface area contributed by atoms with Crippen LogP contribution >= 0.6 is 0 Å². The molecule has 1 aromatic rings. The molecule has 0 aliphatic rings. The van der Waals surface area contributed by atoms with Crippen LogP contribution < -0.4 is 16.8 Å². The van der Waals surface area contributed by atoms with E-state index in [1.165, 1.54) is 18.2 Å². The van der Waals surface area contributed by atoms with E-state index in [0.717, 1.165) is 0 Å². The first-order valence-corrected chi connectivity index (χ1v) is 4.45. The van der Waals surface area contributed by atoms with Crippen LogP contribution in [0.25, 0.3) is 0 Å². The predicted octanol–water partition coefficient (Wildman–Crippen LogP) is 1.08. The number of nitrogen functional groups attached to an aromatic ring is 1. The van der Waals surface area contributed by atoms with Gasteiger partial charge in [-0.05, 0) is 32.0 Å². The summed E-state index contributed by atoms with van der Waals surface area (Å²) in [6.45, 7) is 3.22. The Kier molecular flexibility index (Phi) is 2.83. The second kappa shape index (κ2) is 3.76. The lowest BCUT2D eigenvalue weighted by Gasteiger charge is -2.23. The molecule has 4 nitrogen and oxygen atoms in total. The van der Waals surface area contributed by atoms with Crippen LogP contribution in [-0.2, 0) is 4.79 Å². The van der Waals surface area contributed by atoms with Gasteiger partial charge in [0.2, 0.25) is 5.91 Å². The fraction of sp³-hybridized carbons (Fsp3) is 0.300. The molecule has 0 spiro atoms. The van der Waals surface area contributed by atoms with E-state index >= 15 is 0 Å². The molecule has 1 rings (SSSR count). The molecule has 0 aliphatic heterocycles. The highest BCUT2D eigenvalue weighted by Gasteiger charge is 2.24. The van der Waals surface area contributed by atoms with Gasteiger partial charge in [-0.2, -0.15) is 0 Å². The Labute approximate surface area is 87.4 Å². The van der Waals surface area contributed by atoms with Crippen molar-refractivity contribution < 1.29 is 9.18 Å². The molecule has 0 aromatic heterocycles. The Balaban J connectivity index is 2.94. The maximum atomic E-state index is 13.0. The van der Waals surface area contributed by atoms with E-state index in [1.54, 1.807) is 13.8 Å². The Morgan fingerprint density at radius 2 is 2.00 bits per heavy atom. The number of rotatable bonds is 3. The van der Waals surface area contributed by atoms with Gasteiger partial charge in [-0.1, -0.05) is 0 Å². The summed E-state index contributed by atoms with van der Waals surface area (Å²) in [5, 5.41) is 2.80. The Morgan fingerprint density at radius 1 is 1.40 bits per heavy atom. The molecule has 1 aromatic carbocycles. The number of nitrogens with one attached hydrogen (secondary N) is 1. The fourth-order valence-electron chi connectivity index (χ4n) is 1.11. The minimum absolute atomic E-state index is 0.290. The van der Waals surface area contributed by atoms with Crippen molar-refractivity contribution in [3.63, 3.8) is 0 Å². The largest absolute Gasteiger partial charge is 0.399 e. The second-order valence-electron chi connectivity index (χ2n) is 3.89. The van der Waals surface area contributed by atoms with Crippen molar-refractivity contribution in [1.29, 1.82) is 0 Å². The normalized spacial score (nSPS) is 11.1. The van der Waals surface area contributed by atoms with Gasteiger partial charge in [0.05, 0.1) is 0 Å². The maximum absolute atomic E-state index is 13.0. The molecule has 0 saturated carbocycles. The van der Waals surface area contributed by atoms with E-state index in [1.807, 2.05) is 0 Å². The van der Waals surface area contributed by atoms with Gasteiger partial charge in [0.15, 0.2) is 0 Å². The summed E-state index contributed by atoms with van der Waals surface area (Å²) in [7, 11) is 0. The summed E-state index contributed by atoms with van der Waals surface area (Å²) in [6.07, 6.45) is 0. The standard InChI is InChI=1S/C10H14FN3O/c1-10(2,9(13)15)14-8-4-6(11)3-7(12)5-8/h3-5,14H,12H2,1-2H3,(H2,13,15). The second-order valence-corrected chi connectivity index (χ2v) is 3.89. The molecule has 0 atom stereocenters. The lowest BCUT2D eigenvalue weighted by atomic mass is 10.0. The minimum atomic E-state index is -0.944. The molecule has 0 heterocycles. The zero-order valence-electron chi connectivity index (χ0n) is 8.67. The molecule has 0 radical (unpaired) electrons. The third-order valence-electron chi connectivity index (χ3n) is 1.99. The van der Waals surface area contributed by atoms with Gasteiger partial charge in [-0.3, -0.25) is 4.79 Å². The number of benzene rings is 1. The number of nitrogens with two attached hydrogens (primary N) is 2. The lowest BCUT2D eigenvalue weighted by Crippen LogP contribution is -2.45. The van der Waals surface area contributed by atoms with Crippen molar-refractivity contribution in [2.45, 2.75) is 19.4 Å².